The highest BCUT2D eigenvalue weighted by molar-refractivity contribution is 5.48. The Morgan fingerprint density at radius 3 is 2.26 bits per heavy atom. The Bertz CT molecular complexity index is 552. The molecule has 1 atom stereocenters. The number of aromatic nitrogens is 1. The molecule has 0 saturated heterocycles. The van der Waals surface area contributed by atoms with Crippen LogP contribution in [0.5, 0.6) is 11.5 Å². The lowest BCUT2D eigenvalue weighted by atomic mass is 10.0. The van der Waals surface area contributed by atoms with Crippen LogP contribution >= 0.6 is 0 Å². The third kappa shape index (κ3) is 2.51. The van der Waals surface area contributed by atoms with Crippen molar-refractivity contribution in [3.05, 3.63) is 53.6 Å². The number of methoxy groups -OCH3 is 2. The van der Waals surface area contributed by atoms with Gasteiger partial charge in [0.1, 0.15) is 29.1 Å². The second-order valence-electron chi connectivity index (χ2n) is 3.85. The molecule has 1 N–H and O–H groups in total. The first-order valence-electron chi connectivity index (χ1n) is 5.68. The zero-order valence-electron chi connectivity index (χ0n) is 10.6. The zero-order chi connectivity index (χ0) is 13.8. The molecular weight excluding hydrogens is 249 g/mol. The fourth-order valence-electron chi connectivity index (χ4n) is 1.89. The highest BCUT2D eigenvalue weighted by Crippen LogP contribution is 2.37. The summed E-state index contributed by atoms with van der Waals surface area (Å²) < 4.78 is 24.1. The number of halogens is 1. The summed E-state index contributed by atoms with van der Waals surface area (Å²) in [4.78, 5) is 3.87. The van der Waals surface area contributed by atoms with Crippen molar-refractivity contribution in [3.8, 4) is 11.5 Å². The van der Waals surface area contributed by atoms with E-state index in [1.54, 1.807) is 18.2 Å². The molecule has 2 aromatic rings. The summed E-state index contributed by atoms with van der Waals surface area (Å²) >= 11 is 0. The van der Waals surface area contributed by atoms with Gasteiger partial charge in [0.25, 0.3) is 0 Å². The largest absolute Gasteiger partial charge is 0.496 e. The molecule has 0 aliphatic rings. The number of ether oxygens (including phenoxy) is 2. The number of aliphatic hydroxyl groups is 1. The van der Waals surface area contributed by atoms with Gasteiger partial charge < -0.3 is 14.6 Å². The van der Waals surface area contributed by atoms with Gasteiger partial charge in [-0.15, -0.1) is 0 Å². The molecule has 4 nitrogen and oxygen atoms in total. The minimum Gasteiger partial charge on any atom is -0.496 e. The summed E-state index contributed by atoms with van der Waals surface area (Å²) in [6.45, 7) is 0. The molecule has 1 aromatic carbocycles. The van der Waals surface area contributed by atoms with Crippen molar-refractivity contribution < 1.29 is 19.0 Å². The maximum absolute atomic E-state index is 13.7. The van der Waals surface area contributed by atoms with E-state index in [0.717, 1.165) is 0 Å². The van der Waals surface area contributed by atoms with E-state index in [-0.39, 0.29) is 5.69 Å². The van der Waals surface area contributed by atoms with Crippen molar-refractivity contribution in [2.45, 2.75) is 6.10 Å². The van der Waals surface area contributed by atoms with Crippen LogP contribution in [0.4, 0.5) is 4.39 Å². The van der Waals surface area contributed by atoms with E-state index in [1.807, 2.05) is 0 Å². The summed E-state index contributed by atoms with van der Waals surface area (Å²) in [5, 5.41) is 10.3. The number of benzene rings is 1. The average Bonchev–Trinajstić information content (AvgIpc) is 2.46. The van der Waals surface area contributed by atoms with Gasteiger partial charge >= 0.3 is 0 Å². The van der Waals surface area contributed by atoms with Gasteiger partial charge in [-0.2, -0.15) is 0 Å². The van der Waals surface area contributed by atoms with Crippen LogP contribution in [0.3, 0.4) is 0 Å². The van der Waals surface area contributed by atoms with E-state index in [4.69, 9.17) is 9.47 Å². The molecule has 1 heterocycles. The summed E-state index contributed by atoms with van der Waals surface area (Å²) in [6, 6.07) is 7.77. The highest BCUT2D eigenvalue weighted by atomic mass is 19.1. The second kappa shape index (κ2) is 5.67. The lowest BCUT2D eigenvalue weighted by Gasteiger charge is -2.17. The SMILES string of the molecule is COc1cccc(OC)c1C(O)c1ncccc1F. The normalized spacial score (nSPS) is 12.0. The van der Waals surface area contributed by atoms with Crippen LogP contribution in [0.1, 0.15) is 17.4 Å². The molecule has 5 heteroatoms. The first kappa shape index (κ1) is 13.3. The van der Waals surface area contributed by atoms with Crippen LogP contribution in [0.25, 0.3) is 0 Å². The monoisotopic (exact) mass is 263 g/mol. The first-order chi connectivity index (χ1) is 9.19. The Labute approximate surface area is 110 Å². The van der Waals surface area contributed by atoms with Gasteiger partial charge in [-0.05, 0) is 24.3 Å². The number of hydrogen-bond acceptors (Lipinski definition) is 4. The first-order valence-corrected chi connectivity index (χ1v) is 5.68. The summed E-state index contributed by atoms with van der Waals surface area (Å²) in [6.07, 6.45) is 0.163. The van der Waals surface area contributed by atoms with E-state index < -0.39 is 11.9 Å². The van der Waals surface area contributed by atoms with Crippen molar-refractivity contribution >= 4 is 0 Å². The van der Waals surface area contributed by atoms with Crippen molar-refractivity contribution in [1.82, 2.24) is 4.98 Å². The Kier molecular flexibility index (Phi) is 3.97. The van der Waals surface area contributed by atoms with Crippen molar-refractivity contribution in [3.63, 3.8) is 0 Å². The fourth-order valence-corrected chi connectivity index (χ4v) is 1.89. The molecule has 0 amide bonds. The van der Waals surface area contributed by atoms with Gasteiger partial charge in [-0.1, -0.05) is 6.07 Å². The molecule has 0 fully saturated rings. The van der Waals surface area contributed by atoms with Gasteiger partial charge in [0.05, 0.1) is 19.8 Å². The van der Waals surface area contributed by atoms with E-state index in [2.05, 4.69) is 4.98 Å². The molecule has 0 aliphatic heterocycles. The van der Waals surface area contributed by atoms with E-state index in [1.165, 1.54) is 32.5 Å². The van der Waals surface area contributed by atoms with Gasteiger partial charge in [0, 0.05) is 6.20 Å². The molecule has 0 radical (unpaired) electrons. The zero-order valence-corrected chi connectivity index (χ0v) is 10.6. The average molecular weight is 263 g/mol. The van der Waals surface area contributed by atoms with Crippen molar-refractivity contribution in [2.75, 3.05) is 14.2 Å². The lowest BCUT2D eigenvalue weighted by molar-refractivity contribution is 0.199. The molecule has 0 spiro atoms. The maximum Gasteiger partial charge on any atom is 0.147 e. The van der Waals surface area contributed by atoms with Gasteiger partial charge in [-0.25, -0.2) is 4.39 Å². The van der Waals surface area contributed by atoms with Crippen LogP contribution in [0.2, 0.25) is 0 Å². The Balaban J connectivity index is 2.55. The molecule has 19 heavy (non-hydrogen) atoms. The molecule has 0 saturated carbocycles. The number of nitrogens with zero attached hydrogens (tertiary/aromatic N) is 1. The number of rotatable bonds is 4. The summed E-state index contributed by atoms with van der Waals surface area (Å²) in [7, 11) is 2.94. The lowest BCUT2D eigenvalue weighted by Crippen LogP contribution is -2.08. The highest BCUT2D eigenvalue weighted by Gasteiger charge is 2.23. The molecule has 1 aromatic heterocycles. The Morgan fingerprint density at radius 2 is 1.74 bits per heavy atom. The predicted molar refractivity (Wildman–Crippen MR) is 67.8 cm³/mol. The predicted octanol–water partition coefficient (Wildman–Crippen LogP) is 2.32. The van der Waals surface area contributed by atoms with Crippen molar-refractivity contribution in [2.24, 2.45) is 0 Å². The molecule has 100 valence electrons. The maximum atomic E-state index is 13.7. The van der Waals surface area contributed by atoms with Gasteiger partial charge in [0.2, 0.25) is 0 Å². The molecule has 0 bridgehead atoms. The molecule has 2 rings (SSSR count). The van der Waals surface area contributed by atoms with Crippen LogP contribution in [0.15, 0.2) is 36.5 Å². The molecule has 0 aliphatic carbocycles. The minimum absolute atomic E-state index is 0.0645. The second-order valence-corrected chi connectivity index (χ2v) is 3.85. The van der Waals surface area contributed by atoms with Crippen LogP contribution in [-0.4, -0.2) is 24.3 Å². The van der Waals surface area contributed by atoms with E-state index in [9.17, 15) is 9.50 Å². The van der Waals surface area contributed by atoms with Crippen molar-refractivity contribution in [1.29, 1.82) is 0 Å². The van der Waals surface area contributed by atoms with E-state index >= 15 is 0 Å². The smallest absolute Gasteiger partial charge is 0.147 e. The third-order valence-corrected chi connectivity index (χ3v) is 2.79. The van der Waals surface area contributed by atoms with Gasteiger partial charge in [-0.3, -0.25) is 4.98 Å². The van der Waals surface area contributed by atoms with Crippen LogP contribution in [-0.2, 0) is 0 Å². The summed E-state index contributed by atoms with van der Waals surface area (Å²) in [5.41, 5.74) is 0.287. The standard InChI is InChI=1S/C14H14FNO3/c1-18-10-6-3-7-11(19-2)12(10)14(17)13-9(15)5-4-8-16-13/h3-8,14,17H,1-2H3. The summed E-state index contributed by atoms with van der Waals surface area (Å²) in [5.74, 6) is 0.247. The Morgan fingerprint density at radius 1 is 1.11 bits per heavy atom. The number of aliphatic hydroxyl groups excluding tert-OH is 1. The fraction of sp³-hybridized carbons (Fsp3) is 0.214. The number of pyridine rings is 1. The van der Waals surface area contributed by atoms with Gasteiger partial charge in [0.15, 0.2) is 0 Å². The van der Waals surface area contributed by atoms with E-state index in [0.29, 0.717) is 17.1 Å². The molecule has 1 unspecified atom stereocenters. The topological polar surface area (TPSA) is 51.6 Å². The molecular formula is C14H14FNO3. The van der Waals surface area contributed by atoms with Crippen LogP contribution < -0.4 is 9.47 Å². The van der Waals surface area contributed by atoms with Crippen LogP contribution in [0, 0.1) is 5.82 Å². The minimum atomic E-state index is -1.26. The quantitative estimate of drug-likeness (QED) is 0.919. The third-order valence-electron chi connectivity index (χ3n) is 2.79. The number of hydrogen-bond donors (Lipinski definition) is 1. The Hall–Kier alpha value is -2.14.